The van der Waals surface area contributed by atoms with Crippen molar-refractivity contribution in [1.29, 1.82) is 0 Å². The lowest BCUT2D eigenvalue weighted by Crippen LogP contribution is -2.26. The summed E-state index contributed by atoms with van der Waals surface area (Å²) in [5.74, 6) is -0.730. The SMILES string of the molecule is O=C1CC(CO)=C(C(F)(F)F)N1. The second kappa shape index (κ2) is 2.78. The van der Waals surface area contributed by atoms with Gasteiger partial charge in [-0.2, -0.15) is 13.2 Å². The summed E-state index contributed by atoms with van der Waals surface area (Å²) < 4.78 is 36.0. The van der Waals surface area contributed by atoms with E-state index in [1.54, 1.807) is 5.32 Å². The molecule has 0 aliphatic carbocycles. The number of rotatable bonds is 1. The molecule has 3 nitrogen and oxygen atoms in total. The number of halogens is 3. The Morgan fingerprint density at radius 1 is 1.50 bits per heavy atom. The molecule has 12 heavy (non-hydrogen) atoms. The van der Waals surface area contributed by atoms with E-state index in [1.807, 2.05) is 0 Å². The van der Waals surface area contributed by atoms with Crippen LogP contribution in [0.5, 0.6) is 0 Å². The first-order valence-electron chi connectivity index (χ1n) is 3.15. The molecule has 0 unspecified atom stereocenters. The molecule has 0 fully saturated rings. The average Bonchev–Trinajstić information content (AvgIpc) is 2.29. The summed E-state index contributed by atoms with van der Waals surface area (Å²) in [5, 5.41) is 10.1. The molecular formula is C6H6F3NO2. The topological polar surface area (TPSA) is 49.3 Å². The zero-order valence-corrected chi connectivity index (χ0v) is 5.90. The maximum atomic E-state index is 12.0. The number of carbonyl (C=O) groups excluding carboxylic acids is 1. The number of nitrogens with one attached hydrogen (secondary N) is 1. The Morgan fingerprint density at radius 3 is 2.42 bits per heavy atom. The molecular weight excluding hydrogens is 175 g/mol. The van der Waals surface area contributed by atoms with Gasteiger partial charge in [-0.1, -0.05) is 0 Å². The zero-order valence-electron chi connectivity index (χ0n) is 5.90. The highest BCUT2D eigenvalue weighted by Crippen LogP contribution is 2.30. The first-order chi connectivity index (χ1) is 5.45. The summed E-state index contributed by atoms with van der Waals surface area (Å²) in [5.41, 5.74) is -1.41. The Kier molecular flexibility index (Phi) is 2.10. The summed E-state index contributed by atoms with van der Waals surface area (Å²) in [7, 11) is 0. The van der Waals surface area contributed by atoms with Gasteiger partial charge < -0.3 is 10.4 Å². The van der Waals surface area contributed by atoms with Gasteiger partial charge in [-0.15, -0.1) is 0 Å². The Labute approximate surface area is 65.9 Å². The van der Waals surface area contributed by atoms with Crippen molar-refractivity contribution in [2.75, 3.05) is 6.61 Å². The van der Waals surface area contributed by atoms with E-state index in [2.05, 4.69) is 0 Å². The van der Waals surface area contributed by atoms with Gasteiger partial charge in [-0.25, -0.2) is 0 Å². The van der Waals surface area contributed by atoms with E-state index in [4.69, 9.17) is 5.11 Å². The normalized spacial score (nSPS) is 18.5. The molecule has 1 rings (SSSR count). The number of amides is 1. The fraction of sp³-hybridized carbons (Fsp3) is 0.500. The molecule has 0 aromatic carbocycles. The highest BCUT2D eigenvalue weighted by atomic mass is 19.4. The van der Waals surface area contributed by atoms with Gasteiger partial charge in [0.25, 0.3) is 0 Å². The number of aliphatic hydroxyl groups is 1. The summed E-state index contributed by atoms with van der Waals surface area (Å²) in [4.78, 5) is 10.5. The number of allylic oxidation sites excluding steroid dienone is 1. The van der Waals surface area contributed by atoms with Gasteiger partial charge in [0.05, 0.1) is 13.0 Å². The summed E-state index contributed by atoms with van der Waals surface area (Å²) in [6.07, 6.45) is -4.95. The van der Waals surface area contributed by atoms with E-state index in [1.165, 1.54) is 0 Å². The van der Waals surface area contributed by atoms with Gasteiger partial charge in [0.15, 0.2) is 0 Å². The average molecular weight is 181 g/mol. The van der Waals surface area contributed by atoms with Crippen LogP contribution in [0.15, 0.2) is 11.3 Å². The summed E-state index contributed by atoms with van der Waals surface area (Å²) >= 11 is 0. The molecule has 0 spiro atoms. The van der Waals surface area contributed by atoms with Crippen LogP contribution in [0.4, 0.5) is 13.2 Å². The molecule has 1 amide bonds. The molecule has 0 aromatic rings. The smallest absolute Gasteiger partial charge is 0.392 e. The lowest BCUT2D eigenvalue weighted by Gasteiger charge is -2.08. The molecule has 1 aliphatic heterocycles. The minimum atomic E-state index is -4.58. The third-order valence-corrected chi connectivity index (χ3v) is 1.47. The van der Waals surface area contributed by atoms with Gasteiger partial charge >= 0.3 is 6.18 Å². The monoisotopic (exact) mass is 181 g/mol. The number of hydrogen-bond acceptors (Lipinski definition) is 2. The van der Waals surface area contributed by atoms with Crippen molar-refractivity contribution in [2.24, 2.45) is 0 Å². The van der Waals surface area contributed by atoms with Crippen LogP contribution in [-0.4, -0.2) is 23.8 Å². The minimum Gasteiger partial charge on any atom is -0.392 e. The van der Waals surface area contributed by atoms with Crippen LogP contribution in [0.25, 0.3) is 0 Å². The van der Waals surface area contributed by atoms with Crippen molar-refractivity contribution in [2.45, 2.75) is 12.6 Å². The van der Waals surface area contributed by atoms with Crippen molar-refractivity contribution >= 4 is 5.91 Å². The Morgan fingerprint density at radius 2 is 2.08 bits per heavy atom. The Balaban J connectivity index is 2.93. The van der Waals surface area contributed by atoms with Crippen LogP contribution in [0.3, 0.4) is 0 Å². The maximum absolute atomic E-state index is 12.0. The number of carbonyl (C=O) groups is 1. The van der Waals surface area contributed by atoms with Crippen molar-refractivity contribution in [3.05, 3.63) is 11.3 Å². The number of hydrogen-bond donors (Lipinski definition) is 2. The molecule has 0 aromatic heterocycles. The highest BCUT2D eigenvalue weighted by molar-refractivity contribution is 5.84. The van der Waals surface area contributed by atoms with E-state index < -0.39 is 24.4 Å². The molecule has 68 valence electrons. The quantitative estimate of drug-likeness (QED) is 0.611. The van der Waals surface area contributed by atoms with Crippen molar-refractivity contribution in [1.82, 2.24) is 5.32 Å². The highest BCUT2D eigenvalue weighted by Gasteiger charge is 2.40. The molecule has 1 aliphatic rings. The Hall–Kier alpha value is -1.04. The fourth-order valence-corrected chi connectivity index (χ4v) is 0.960. The molecule has 1 heterocycles. The van der Waals surface area contributed by atoms with Crippen LogP contribution < -0.4 is 5.32 Å². The second-order valence-electron chi connectivity index (χ2n) is 2.36. The van der Waals surface area contributed by atoms with Gasteiger partial charge in [0.1, 0.15) is 5.70 Å². The van der Waals surface area contributed by atoms with E-state index in [0.29, 0.717) is 0 Å². The molecule has 0 bridgehead atoms. The van der Waals surface area contributed by atoms with Gasteiger partial charge in [0, 0.05) is 0 Å². The molecule has 6 heteroatoms. The standard InChI is InChI=1S/C6H6F3NO2/c7-6(8,9)5-3(2-11)1-4(12)10-5/h11H,1-2H2,(H,10,12). The van der Waals surface area contributed by atoms with E-state index in [0.717, 1.165) is 0 Å². The van der Waals surface area contributed by atoms with Crippen molar-refractivity contribution in [3.63, 3.8) is 0 Å². The molecule has 0 radical (unpaired) electrons. The first-order valence-corrected chi connectivity index (χ1v) is 3.15. The predicted molar refractivity (Wildman–Crippen MR) is 32.9 cm³/mol. The number of aliphatic hydroxyl groups excluding tert-OH is 1. The lowest BCUT2D eigenvalue weighted by atomic mass is 10.2. The largest absolute Gasteiger partial charge is 0.431 e. The predicted octanol–water partition coefficient (Wildman–Crippen LogP) is 0.315. The fourth-order valence-electron chi connectivity index (χ4n) is 0.960. The van der Waals surface area contributed by atoms with Gasteiger partial charge in [0.2, 0.25) is 5.91 Å². The Bertz CT molecular complexity index is 244. The van der Waals surface area contributed by atoms with Crippen LogP contribution in [0, 0.1) is 0 Å². The molecule has 0 saturated heterocycles. The second-order valence-corrected chi connectivity index (χ2v) is 2.36. The summed E-state index contributed by atoms with van der Waals surface area (Å²) in [6.45, 7) is -0.742. The van der Waals surface area contributed by atoms with Crippen LogP contribution >= 0.6 is 0 Å². The van der Waals surface area contributed by atoms with Crippen LogP contribution in [0.2, 0.25) is 0 Å². The molecule has 0 saturated carbocycles. The zero-order chi connectivity index (χ0) is 9.35. The van der Waals surface area contributed by atoms with Gasteiger partial charge in [-0.3, -0.25) is 4.79 Å². The maximum Gasteiger partial charge on any atom is 0.431 e. The van der Waals surface area contributed by atoms with Gasteiger partial charge in [-0.05, 0) is 5.57 Å². The van der Waals surface area contributed by atoms with Crippen LogP contribution in [-0.2, 0) is 4.79 Å². The third-order valence-electron chi connectivity index (χ3n) is 1.47. The van der Waals surface area contributed by atoms with E-state index in [-0.39, 0.29) is 12.0 Å². The van der Waals surface area contributed by atoms with Crippen LogP contribution in [0.1, 0.15) is 6.42 Å². The minimum absolute atomic E-state index is 0.299. The molecule has 0 atom stereocenters. The van der Waals surface area contributed by atoms with Crippen molar-refractivity contribution < 1.29 is 23.1 Å². The van der Waals surface area contributed by atoms with Crippen molar-refractivity contribution in [3.8, 4) is 0 Å². The molecule has 2 N–H and O–H groups in total. The third kappa shape index (κ3) is 1.58. The van der Waals surface area contributed by atoms with E-state index >= 15 is 0 Å². The number of alkyl halides is 3. The lowest BCUT2D eigenvalue weighted by molar-refractivity contribution is -0.123. The van der Waals surface area contributed by atoms with E-state index in [9.17, 15) is 18.0 Å². The first kappa shape index (κ1) is 9.05. The summed E-state index contributed by atoms with van der Waals surface area (Å²) in [6, 6.07) is 0.